The molecule has 25 heavy (non-hydrogen) atoms. The molecular weight excluding hydrogens is 333 g/mol. The maximum atomic E-state index is 13.2. The number of esters is 1. The molecule has 1 heterocycles. The fourth-order valence-corrected chi connectivity index (χ4v) is 2.74. The van der Waals surface area contributed by atoms with E-state index in [9.17, 15) is 18.0 Å². The number of benzene rings is 2. The van der Waals surface area contributed by atoms with E-state index in [-0.39, 0.29) is 11.7 Å². The second-order valence-electron chi connectivity index (χ2n) is 6.22. The minimum Gasteiger partial charge on any atom is -0.423 e. The predicted octanol–water partition coefficient (Wildman–Crippen LogP) is 4.81. The first kappa shape index (κ1) is 17.5. The smallest absolute Gasteiger partial charge is 0.343 e. The molecule has 3 rings (SSSR count). The molecule has 0 N–H and O–H groups in total. The number of halogens is 3. The van der Waals surface area contributed by atoms with Crippen LogP contribution in [0.4, 0.5) is 13.2 Å². The zero-order valence-corrected chi connectivity index (χ0v) is 13.6. The zero-order chi connectivity index (χ0) is 18.0. The highest BCUT2D eigenvalue weighted by molar-refractivity contribution is 5.91. The van der Waals surface area contributed by atoms with Crippen molar-refractivity contribution in [2.45, 2.75) is 25.9 Å². The van der Waals surface area contributed by atoms with Crippen LogP contribution in [0.25, 0.3) is 0 Å². The molecule has 1 aliphatic heterocycles. The van der Waals surface area contributed by atoms with E-state index in [1.54, 1.807) is 24.3 Å². The summed E-state index contributed by atoms with van der Waals surface area (Å²) in [5, 5.41) is 0. The number of hydrogen-bond acceptors (Lipinski definition) is 3. The van der Waals surface area contributed by atoms with Crippen molar-refractivity contribution in [2.24, 2.45) is 5.92 Å². The minimum atomic E-state index is -1.61. The average Bonchev–Trinajstić information content (AvgIpc) is 2.60. The fraction of sp³-hybridized carbons (Fsp3) is 0.316. The average molecular weight is 350 g/mol. The third-order valence-electron chi connectivity index (χ3n) is 4.19. The first-order valence-electron chi connectivity index (χ1n) is 8.02. The largest absolute Gasteiger partial charge is 0.423 e. The summed E-state index contributed by atoms with van der Waals surface area (Å²) in [4.78, 5) is 12.1. The second-order valence-corrected chi connectivity index (χ2v) is 6.22. The topological polar surface area (TPSA) is 35.5 Å². The van der Waals surface area contributed by atoms with E-state index in [0.717, 1.165) is 18.4 Å². The Hall–Kier alpha value is -2.34. The van der Waals surface area contributed by atoms with Crippen molar-refractivity contribution in [3.05, 3.63) is 65.0 Å². The molecule has 2 aromatic rings. The number of rotatable bonds is 3. The van der Waals surface area contributed by atoms with Crippen molar-refractivity contribution in [3.63, 3.8) is 0 Å². The molecule has 2 unspecified atom stereocenters. The van der Waals surface area contributed by atoms with Gasteiger partial charge in [-0.25, -0.2) is 18.0 Å². The molecule has 0 amide bonds. The van der Waals surface area contributed by atoms with E-state index in [4.69, 9.17) is 9.47 Å². The van der Waals surface area contributed by atoms with Gasteiger partial charge in [0.1, 0.15) is 5.75 Å². The van der Waals surface area contributed by atoms with E-state index in [2.05, 4.69) is 6.92 Å². The van der Waals surface area contributed by atoms with Crippen molar-refractivity contribution < 1.29 is 27.4 Å². The molecule has 6 heteroatoms. The Bertz CT molecular complexity index is 743. The standard InChI is InChI=1S/C19H17F3O3/c1-11-2-7-17(24-10-11)12-3-5-13(6-4-12)19(23)25-14-8-15(20)18(22)16(21)9-14/h3-6,8-9,11,17H,2,7,10H2,1H3. The zero-order valence-electron chi connectivity index (χ0n) is 13.6. The van der Waals surface area contributed by atoms with Gasteiger partial charge in [-0.1, -0.05) is 19.1 Å². The highest BCUT2D eigenvalue weighted by Gasteiger charge is 2.21. The molecule has 0 radical (unpaired) electrons. The lowest BCUT2D eigenvalue weighted by Crippen LogP contribution is -2.18. The lowest BCUT2D eigenvalue weighted by molar-refractivity contribution is -0.0123. The van der Waals surface area contributed by atoms with Gasteiger partial charge in [0.15, 0.2) is 17.5 Å². The van der Waals surface area contributed by atoms with E-state index in [0.29, 0.717) is 24.7 Å². The first-order chi connectivity index (χ1) is 11.9. The lowest BCUT2D eigenvalue weighted by Gasteiger charge is -2.27. The maximum absolute atomic E-state index is 13.2. The van der Waals surface area contributed by atoms with Crippen LogP contribution >= 0.6 is 0 Å². The third-order valence-corrected chi connectivity index (χ3v) is 4.19. The van der Waals surface area contributed by atoms with Gasteiger partial charge in [0.05, 0.1) is 11.7 Å². The molecule has 0 aromatic heterocycles. The van der Waals surface area contributed by atoms with Crippen LogP contribution in [0.2, 0.25) is 0 Å². The Morgan fingerprint density at radius 3 is 2.28 bits per heavy atom. The highest BCUT2D eigenvalue weighted by atomic mass is 19.2. The van der Waals surface area contributed by atoms with Gasteiger partial charge in [0.25, 0.3) is 0 Å². The Morgan fingerprint density at radius 2 is 1.72 bits per heavy atom. The van der Waals surface area contributed by atoms with Crippen molar-refractivity contribution in [1.29, 1.82) is 0 Å². The van der Waals surface area contributed by atoms with Gasteiger partial charge in [-0.3, -0.25) is 0 Å². The summed E-state index contributed by atoms with van der Waals surface area (Å²) in [6.45, 7) is 2.84. The maximum Gasteiger partial charge on any atom is 0.343 e. The van der Waals surface area contributed by atoms with Gasteiger partial charge < -0.3 is 9.47 Å². The van der Waals surface area contributed by atoms with Gasteiger partial charge in [-0.05, 0) is 36.5 Å². The molecule has 2 atom stereocenters. The van der Waals surface area contributed by atoms with E-state index in [1.807, 2.05) is 0 Å². The van der Waals surface area contributed by atoms with Crippen LogP contribution in [0, 0.1) is 23.4 Å². The minimum absolute atomic E-state index is 0.00145. The molecular formula is C19H17F3O3. The summed E-state index contributed by atoms with van der Waals surface area (Å²) < 4.78 is 49.9. The Morgan fingerprint density at radius 1 is 1.08 bits per heavy atom. The molecule has 0 aliphatic carbocycles. The Labute approximate surface area is 143 Å². The SMILES string of the molecule is CC1CCC(c2ccc(C(=O)Oc3cc(F)c(F)c(F)c3)cc2)OC1. The summed E-state index contributed by atoms with van der Waals surface area (Å²) in [5.74, 6) is -5.07. The molecule has 3 nitrogen and oxygen atoms in total. The summed E-state index contributed by atoms with van der Waals surface area (Å²) >= 11 is 0. The quantitative estimate of drug-likeness (QED) is 0.453. The van der Waals surface area contributed by atoms with Crippen LogP contribution < -0.4 is 4.74 Å². The fourth-order valence-electron chi connectivity index (χ4n) is 2.74. The van der Waals surface area contributed by atoms with E-state index in [1.165, 1.54) is 0 Å². The Balaban J connectivity index is 1.69. The molecule has 1 fully saturated rings. The van der Waals surface area contributed by atoms with Crippen molar-refractivity contribution in [3.8, 4) is 5.75 Å². The van der Waals surface area contributed by atoms with Gasteiger partial charge >= 0.3 is 5.97 Å². The number of carbonyl (C=O) groups excluding carboxylic acids is 1. The molecule has 1 aliphatic rings. The normalized spacial score (nSPS) is 20.3. The van der Waals surface area contributed by atoms with Crippen molar-refractivity contribution >= 4 is 5.97 Å². The molecule has 132 valence electrons. The van der Waals surface area contributed by atoms with Crippen LogP contribution in [0.1, 0.15) is 41.8 Å². The first-order valence-corrected chi connectivity index (χ1v) is 8.02. The van der Waals surface area contributed by atoms with Crippen LogP contribution in [0.3, 0.4) is 0 Å². The van der Waals surface area contributed by atoms with Crippen LogP contribution in [0.5, 0.6) is 5.75 Å². The van der Waals surface area contributed by atoms with E-state index < -0.39 is 29.2 Å². The van der Waals surface area contributed by atoms with E-state index >= 15 is 0 Å². The second kappa shape index (κ2) is 7.27. The number of hydrogen-bond donors (Lipinski definition) is 0. The molecule has 2 aromatic carbocycles. The number of ether oxygens (including phenoxy) is 2. The van der Waals surface area contributed by atoms with Gasteiger partial charge in [-0.15, -0.1) is 0 Å². The van der Waals surface area contributed by atoms with Gasteiger partial charge in [0, 0.05) is 18.7 Å². The summed E-state index contributed by atoms with van der Waals surface area (Å²) in [5.41, 5.74) is 1.18. The van der Waals surface area contributed by atoms with Crippen LogP contribution in [-0.2, 0) is 4.74 Å². The summed E-state index contributed by atoms with van der Waals surface area (Å²) in [6.07, 6.45) is 2.00. The monoisotopic (exact) mass is 350 g/mol. The molecule has 0 bridgehead atoms. The van der Waals surface area contributed by atoms with Gasteiger partial charge in [0.2, 0.25) is 0 Å². The number of carbonyl (C=O) groups is 1. The molecule has 0 saturated carbocycles. The van der Waals surface area contributed by atoms with Crippen molar-refractivity contribution in [2.75, 3.05) is 6.61 Å². The third kappa shape index (κ3) is 4.02. The summed E-state index contributed by atoms with van der Waals surface area (Å²) in [7, 11) is 0. The lowest BCUT2D eigenvalue weighted by atomic mass is 9.95. The van der Waals surface area contributed by atoms with Crippen LogP contribution in [-0.4, -0.2) is 12.6 Å². The molecule has 0 spiro atoms. The summed E-state index contributed by atoms with van der Waals surface area (Å²) in [6, 6.07) is 7.92. The highest BCUT2D eigenvalue weighted by Crippen LogP contribution is 2.30. The predicted molar refractivity (Wildman–Crippen MR) is 84.8 cm³/mol. The Kier molecular flexibility index (Phi) is 5.08. The van der Waals surface area contributed by atoms with Crippen LogP contribution in [0.15, 0.2) is 36.4 Å². The molecule has 1 saturated heterocycles. The van der Waals surface area contributed by atoms with Crippen molar-refractivity contribution in [1.82, 2.24) is 0 Å². The van der Waals surface area contributed by atoms with Gasteiger partial charge in [-0.2, -0.15) is 0 Å².